The lowest BCUT2D eigenvalue weighted by Gasteiger charge is -2.38. The SMILES string of the molecule is CC1(C)CCC[C@@](O)(C(=O)O)C1. The fourth-order valence-corrected chi connectivity index (χ4v) is 2.01. The predicted octanol–water partition coefficient (Wildman–Crippen LogP) is 1.40. The van der Waals surface area contributed by atoms with E-state index in [1.807, 2.05) is 13.8 Å². The van der Waals surface area contributed by atoms with E-state index in [9.17, 15) is 9.90 Å². The van der Waals surface area contributed by atoms with Crippen LogP contribution in [0.25, 0.3) is 0 Å². The summed E-state index contributed by atoms with van der Waals surface area (Å²) in [6.45, 7) is 4.00. The molecule has 0 radical (unpaired) electrons. The Kier molecular flexibility index (Phi) is 2.17. The van der Waals surface area contributed by atoms with Crippen LogP contribution in [0, 0.1) is 5.41 Å². The Labute approximate surface area is 72.4 Å². The molecule has 0 bridgehead atoms. The monoisotopic (exact) mass is 172 g/mol. The third kappa shape index (κ3) is 1.78. The maximum atomic E-state index is 10.7. The van der Waals surface area contributed by atoms with Crippen molar-refractivity contribution < 1.29 is 15.0 Å². The van der Waals surface area contributed by atoms with Gasteiger partial charge in [0.2, 0.25) is 0 Å². The van der Waals surface area contributed by atoms with Crippen LogP contribution in [-0.4, -0.2) is 21.8 Å². The van der Waals surface area contributed by atoms with Gasteiger partial charge in [-0.25, -0.2) is 4.79 Å². The highest BCUT2D eigenvalue weighted by Gasteiger charge is 2.43. The Balaban J connectivity index is 2.74. The van der Waals surface area contributed by atoms with Crippen LogP contribution in [0.2, 0.25) is 0 Å². The fourth-order valence-electron chi connectivity index (χ4n) is 2.01. The van der Waals surface area contributed by atoms with E-state index in [0.717, 1.165) is 12.8 Å². The number of rotatable bonds is 1. The van der Waals surface area contributed by atoms with Gasteiger partial charge in [0.25, 0.3) is 0 Å². The van der Waals surface area contributed by atoms with Crippen molar-refractivity contribution in [2.24, 2.45) is 5.41 Å². The number of carboxylic acid groups (broad SMARTS) is 1. The molecule has 0 aromatic rings. The highest BCUT2D eigenvalue weighted by Crippen LogP contribution is 2.40. The Morgan fingerprint density at radius 3 is 2.25 bits per heavy atom. The molecule has 0 aromatic carbocycles. The van der Waals surface area contributed by atoms with Crippen molar-refractivity contribution in [1.29, 1.82) is 0 Å². The molecule has 1 saturated carbocycles. The van der Waals surface area contributed by atoms with Crippen molar-refractivity contribution in [3.05, 3.63) is 0 Å². The van der Waals surface area contributed by atoms with Gasteiger partial charge in [-0.15, -0.1) is 0 Å². The van der Waals surface area contributed by atoms with Gasteiger partial charge in [-0.1, -0.05) is 13.8 Å². The summed E-state index contributed by atoms with van der Waals surface area (Å²) >= 11 is 0. The minimum Gasteiger partial charge on any atom is -0.479 e. The molecule has 1 aliphatic rings. The van der Waals surface area contributed by atoms with Gasteiger partial charge >= 0.3 is 5.97 Å². The lowest BCUT2D eigenvalue weighted by Crippen LogP contribution is -2.45. The molecule has 1 rings (SSSR count). The lowest BCUT2D eigenvalue weighted by atomic mass is 9.70. The lowest BCUT2D eigenvalue weighted by molar-refractivity contribution is -0.166. The molecule has 0 unspecified atom stereocenters. The molecule has 1 atom stereocenters. The van der Waals surface area contributed by atoms with Crippen LogP contribution in [0.15, 0.2) is 0 Å². The fraction of sp³-hybridized carbons (Fsp3) is 0.889. The highest BCUT2D eigenvalue weighted by molar-refractivity contribution is 5.77. The topological polar surface area (TPSA) is 57.5 Å². The van der Waals surface area contributed by atoms with Gasteiger partial charge in [-0.3, -0.25) is 0 Å². The molecular weight excluding hydrogens is 156 g/mol. The van der Waals surface area contributed by atoms with Gasteiger partial charge in [-0.05, 0) is 31.1 Å². The zero-order valence-corrected chi connectivity index (χ0v) is 7.63. The molecule has 3 nitrogen and oxygen atoms in total. The van der Waals surface area contributed by atoms with Crippen molar-refractivity contribution in [3.8, 4) is 0 Å². The number of carbonyl (C=O) groups is 1. The second-order valence-corrected chi connectivity index (χ2v) is 4.53. The summed E-state index contributed by atoms with van der Waals surface area (Å²) in [5.74, 6) is -1.07. The summed E-state index contributed by atoms with van der Waals surface area (Å²) in [6.07, 6.45) is 2.57. The summed E-state index contributed by atoms with van der Waals surface area (Å²) in [5.41, 5.74) is -1.51. The van der Waals surface area contributed by atoms with Crippen LogP contribution in [0.1, 0.15) is 39.5 Å². The Morgan fingerprint density at radius 1 is 1.33 bits per heavy atom. The van der Waals surface area contributed by atoms with Crippen LogP contribution in [0.5, 0.6) is 0 Å². The van der Waals surface area contributed by atoms with Crippen LogP contribution in [0.4, 0.5) is 0 Å². The number of aliphatic carboxylic acids is 1. The molecule has 70 valence electrons. The van der Waals surface area contributed by atoms with Gasteiger partial charge in [0.15, 0.2) is 5.60 Å². The highest BCUT2D eigenvalue weighted by atomic mass is 16.4. The second-order valence-electron chi connectivity index (χ2n) is 4.53. The second kappa shape index (κ2) is 2.73. The van der Waals surface area contributed by atoms with E-state index in [0.29, 0.717) is 12.8 Å². The Hall–Kier alpha value is -0.570. The standard InChI is InChI=1S/C9H16O3/c1-8(2)4-3-5-9(12,6-8)7(10)11/h12H,3-6H2,1-2H3,(H,10,11)/t9-/m0/s1. The van der Waals surface area contributed by atoms with Crippen LogP contribution in [-0.2, 0) is 4.79 Å². The van der Waals surface area contributed by atoms with Crippen LogP contribution in [0.3, 0.4) is 0 Å². The van der Waals surface area contributed by atoms with Crippen molar-refractivity contribution in [2.45, 2.75) is 45.1 Å². The van der Waals surface area contributed by atoms with Crippen molar-refractivity contribution in [1.82, 2.24) is 0 Å². The number of hydrogen-bond donors (Lipinski definition) is 2. The first-order valence-electron chi connectivity index (χ1n) is 4.32. The zero-order valence-electron chi connectivity index (χ0n) is 7.63. The minimum absolute atomic E-state index is 0.0363. The maximum Gasteiger partial charge on any atom is 0.335 e. The molecule has 3 heteroatoms. The summed E-state index contributed by atoms with van der Waals surface area (Å²) in [5, 5.41) is 18.5. The van der Waals surface area contributed by atoms with E-state index >= 15 is 0 Å². The minimum atomic E-state index is -1.47. The zero-order chi connectivity index (χ0) is 9.41. The van der Waals surface area contributed by atoms with E-state index in [2.05, 4.69) is 0 Å². The van der Waals surface area contributed by atoms with E-state index in [4.69, 9.17) is 5.11 Å². The first-order valence-corrected chi connectivity index (χ1v) is 4.32. The van der Waals surface area contributed by atoms with E-state index in [1.54, 1.807) is 0 Å². The number of aliphatic hydroxyl groups is 1. The molecule has 0 aromatic heterocycles. The van der Waals surface area contributed by atoms with Gasteiger partial charge in [0.05, 0.1) is 0 Å². The molecule has 1 aliphatic carbocycles. The first kappa shape index (κ1) is 9.52. The van der Waals surface area contributed by atoms with Crippen molar-refractivity contribution in [2.75, 3.05) is 0 Å². The quantitative estimate of drug-likeness (QED) is 0.628. The van der Waals surface area contributed by atoms with Crippen molar-refractivity contribution >= 4 is 5.97 Å². The number of hydrogen-bond acceptors (Lipinski definition) is 2. The summed E-state index contributed by atoms with van der Waals surface area (Å²) in [7, 11) is 0. The molecule has 2 N–H and O–H groups in total. The largest absolute Gasteiger partial charge is 0.479 e. The molecule has 0 spiro atoms. The molecule has 1 fully saturated rings. The first-order chi connectivity index (χ1) is 5.36. The molecule has 0 heterocycles. The third-order valence-electron chi connectivity index (χ3n) is 2.61. The van der Waals surface area contributed by atoms with E-state index < -0.39 is 11.6 Å². The normalized spacial score (nSPS) is 34.6. The number of carboxylic acids is 1. The third-order valence-corrected chi connectivity index (χ3v) is 2.61. The molecule has 0 amide bonds. The molecule has 12 heavy (non-hydrogen) atoms. The molecular formula is C9H16O3. The average molecular weight is 172 g/mol. The van der Waals surface area contributed by atoms with Crippen LogP contribution < -0.4 is 0 Å². The van der Waals surface area contributed by atoms with Gasteiger partial charge in [0.1, 0.15) is 0 Å². The smallest absolute Gasteiger partial charge is 0.335 e. The van der Waals surface area contributed by atoms with Gasteiger partial charge in [-0.2, -0.15) is 0 Å². The van der Waals surface area contributed by atoms with Gasteiger partial charge < -0.3 is 10.2 Å². The molecule has 0 saturated heterocycles. The molecule has 0 aliphatic heterocycles. The Morgan fingerprint density at radius 2 is 1.92 bits per heavy atom. The summed E-state index contributed by atoms with van der Waals surface area (Å²) < 4.78 is 0. The summed E-state index contributed by atoms with van der Waals surface area (Å²) in [4.78, 5) is 10.7. The van der Waals surface area contributed by atoms with Gasteiger partial charge in [0, 0.05) is 0 Å². The summed E-state index contributed by atoms with van der Waals surface area (Å²) in [6, 6.07) is 0. The van der Waals surface area contributed by atoms with Crippen molar-refractivity contribution in [3.63, 3.8) is 0 Å². The van der Waals surface area contributed by atoms with E-state index in [-0.39, 0.29) is 5.41 Å². The Bertz CT molecular complexity index is 198. The average Bonchev–Trinajstić information content (AvgIpc) is 1.83. The van der Waals surface area contributed by atoms with Crippen LogP contribution >= 0.6 is 0 Å². The maximum absolute atomic E-state index is 10.7. The predicted molar refractivity (Wildman–Crippen MR) is 44.8 cm³/mol. The van der Waals surface area contributed by atoms with E-state index in [1.165, 1.54) is 0 Å².